The van der Waals surface area contributed by atoms with Gasteiger partial charge in [0, 0.05) is 9.37 Å². The minimum Gasteiger partial charge on any atom is -0.507 e. The number of phenolic OH excluding ortho intramolecular Hbond substituents is 1. The van der Waals surface area contributed by atoms with E-state index in [1.165, 1.54) is 17.7 Å². The third kappa shape index (κ3) is 5.35. The number of aryl methyl sites for hydroxylation is 2. The van der Waals surface area contributed by atoms with Gasteiger partial charge in [-0.25, -0.2) is 10.1 Å². The fraction of sp³-hybridized carbons (Fsp3) is 0.0800. The van der Waals surface area contributed by atoms with E-state index in [4.69, 9.17) is 5.10 Å². The first-order valence-corrected chi connectivity index (χ1v) is 11.7. The van der Waals surface area contributed by atoms with Crippen LogP contribution in [-0.4, -0.2) is 27.0 Å². The van der Waals surface area contributed by atoms with Gasteiger partial charge in [-0.05, 0) is 56.3 Å². The van der Waals surface area contributed by atoms with Crippen molar-refractivity contribution in [3.05, 3.63) is 99.7 Å². The number of para-hydroxylation sites is 1. The molecular formula is C25H21BrN4O2S. The summed E-state index contributed by atoms with van der Waals surface area (Å²) >= 11 is 4.88. The van der Waals surface area contributed by atoms with Gasteiger partial charge in [0.2, 0.25) is 0 Å². The zero-order chi connectivity index (χ0) is 23.4. The molecule has 4 rings (SSSR count). The second kappa shape index (κ2) is 10.1. The molecule has 0 atom stereocenters. The van der Waals surface area contributed by atoms with Gasteiger partial charge in [0.15, 0.2) is 0 Å². The van der Waals surface area contributed by atoms with Crippen LogP contribution in [0.25, 0.3) is 5.69 Å². The Hall–Kier alpha value is -3.36. The summed E-state index contributed by atoms with van der Waals surface area (Å²) in [5.41, 5.74) is 6.31. The first kappa shape index (κ1) is 22.8. The number of carbonyl (C=O) groups is 1. The van der Waals surface area contributed by atoms with Crippen molar-refractivity contribution < 1.29 is 9.90 Å². The van der Waals surface area contributed by atoms with Crippen molar-refractivity contribution in [1.29, 1.82) is 0 Å². The normalized spacial score (nSPS) is 11.1. The Morgan fingerprint density at radius 1 is 1.09 bits per heavy atom. The number of hydrogen-bond acceptors (Lipinski definition) is 5. The van der Waals surface area contributed by atoms with Crippen molar-refractivity contribution >= 4 is 39.8 Å². The molecule has 0 saturated heterocycles. The zero-order valence-corrected chi connectivity index (χ0v) is 20.4. The predicted molar refractivity (Wildman–Crippen MR) is 134 cm³/mol. The van der Waals surface area contributed by atoms with Crippen molar-refractivity contribution in [2.75, 3.05) is 0 Å². The Morgan fingerprint density at radius 3 is 2.55 bits per heavy atom. The molecule has 6 nitrogen and oxygen atoms in total. The molecule has 0 aliphatic heterocycles. The molecule has 4 aromatic rings. The lowest BCUT2D eigenvalue weighted by molar-refractivity contribution is 0.0952. The number of nitrogens with one attached hydrogen (secondary N) is 1. The SMILES string of the molecule is Cc1ccc(Sc2c(/C=N\NC(=O)c3cc(Br)ccc3O)c(C)nn2-c2ccccc2)cc1. The fourth-order valence-electron chi connectivity index (χ4n) is 3.13. The fourth-order valence-corrected chi connectivity index (χ4v) is 4.53. The summed E-state index contributed by atoms with van der Waals surface area (Å²) in [5.74, 6) is -0.625. The molecule has 166 valence electrons. The molecular weight excluding hydrogens is 500 g/mol. The summed E-state index contributed by atoms with van der Waals surface area (Å²) in [6.45, 7) is 3.96. The van der Waals surface area contributed by atoms with E-state index in [-0.39, 0.29) is 11.3 Å². The maximum atomic E-state index is 12.5. The standard InChI is InChI=1S/C25H21BrN4O2S/c1-16-8-11-20(12-9-16)33-25-22(17(2)29-30(25)19-6-4-3-5-7-19)15-27-28-24(32)21-14-18(26)10-13-23(21)31/h3-15,31H,1-2H3,(H,28,32)/b27-15-. The number of hydrazone groups is 1. The molecule has 3 aromatic carbocycles. The molecule has 0 bridgehead atoms. The van der Waals surface area contributed by atoms with Crippen LogP contribution in [0.15, 0.2) is 92.3 Å². The van der Waals surface area contributed by atoms with Crippen LogP contribution in [0.2, 0.25) is 0 Å². The van der Waals surface area contributed by atoms with E-state index in [0.29, 0.717) is 4.47 Å². The van der Waals surface area contributed by atoms with Crippen LogP contribution in [0.1, 0.15) is 27.2 Å². The Balaban J connectivity index is 1.66. The Morgan fingerprint density at radius 2 is 1.82 bits per heavy atom. The van der Waals surface area contributed by atoms with Crippen LogP contribution < -0.4 is 5.43 Å². The van der Waals surface area contributed by atoms with Crippen molar-refractivity contribution in [2.24, 2.45) is 5.10 Å². The number of halogens is 1. The highest BCUT2D eigenvalue weighted by atomic mass is 79.9. The quantitative estimate of drug-likeness (QED) is 0.246. The average molecular weight is 521 g/mol. The molecule has 1 amide bonds. The Kier molecular flexibility index (Phi) is 6.96. The summed E-state index contributed by atoms with van der Waals surface area (Å²) in [6, 6.07) is 22.8. The van der Waals surface area contributed by atoms with Crippen molar-refractivity contribution in [3.63, 3.8) is 0 Å². The number of nitrogens with zero attached hydrogens (tertiary/aromatic N) is 3. The monoisotopic (exact) mass is 520 g/mol. The molecule has 33 heavy (non-hydrogen) atoms. The van der Waals surface area contributed by atoms with Crippen LogP contribution in [0.5, 0.6) is 5.75 Å². The average Bonchev–Trinajstić information content (AvgIpc) is 3.12. The largest absolute Gasteiger partial charge is 0.507 e. The van der Waals surface area contributed by atoms with Gasteiger partial charge in [-0.2, -0.15) is 10.2 Å². The summed E-state index contributed by atoms with van der Waals surface area (Å²) in [6.07, 6.45) is 1.59. The predicted octanol–water partition coefficient (Wildman–Crippen LogP) is 5.87. The lowest BCUT2D eigenvalue weighted by Crippen LogP contribution is -2.17. The highest BCUT2D eigenvalue weighted by Gasteiger charge is 2.17. The molecule has 0 fully saturated rings. The van der Waals surface area contributed by atoms with Gasteiger partial charge in [0.25, 0.3) is 5.91 Å². The van der Waals surface area contributed by atoms with Gasteiger partial charge in [-0.1, -0.05) is 63.6 Å². The number of benzene rings is 3. The number of carbonyl (C=O) groups excluding carboxylic acids is 1. The van der Waals surface area contributed by atoms with E-state index in [2.05, 4.69) is 57.6 Å². The summed E-state index contributed by atoms with van der Waals surface area (Å²) in [4.78, 5) is 13.6. The number of rotatable bonds is 6. The topological polar surface area (TPSA) is 79.5 Å². The van der Waals surface area contributed by atoms with Crippen molar-refractivity contribution in [3.8, 4) is 11.4 Å². The Bertz CT molecular complexity index is 1320. The molecule has 0 saturated carbocycles. The number of amides is 1. The van der Waals surface area contributed by atoms with Crippen LogP contribution in [0.3, 0.4) is 0 Å². The maximum Gasteiger partial charge on any atom is 0.275 e. The van der Waals surface area contributed by atoms with Gasteiger partial charge in [-0.3, -0.25) is 4.79 Å². The smallest absolute Gasteiger partial charge is 0.275 e. The highest BCUT2D eigenvalue weighted by Crippen LogP contribution is 2.33. The van der Waals surface area contributed by atoms with E-state index in [9.17, 15) is 9.90 Å². The highest BCUT2D eigenvalue weighted by molar-refractivity contribution is 9.10. The molecule has 1 heterocycles. The van der Waals surface area contributed by atoms with E-state index in [0.717, 1.165) is 26.9 Å². The van der Waals surface area contributed by atoms with E-state index in [1.807, 2.05) is 41.9 Å². The van der Waals surface area contributed by atoms with Crippen molar-refractivity contribution in [2.45, 2.75) is 23.8 Å². The lowest BCUT2D eigenvalue weighted by Gasteiger charge is -2.08. The molecule has 8 heteroatoms. The molecule has 0 radical (unpaired) electrons. The summed E-state index contributed by atoms with van der Waals surface area (Å²) in [5, 5.41) is 19.7. The van der Waals surface area contributed by atoms with Gasteiger partial charge in [0.05, 0.1) is 28.7 Å². The van der Waals surface area contributed by atoms with E-state index < -0.39 is 5.91 Å². The zero-order valence-electron chi connectivity index (χ0n) is 18.0. The minimum absolute atomic E-state index is 0.116. The maximum absolute atomic E-state index is 12.5. The molecule has 1 aromatic heterocycles. The summed E-state index contributed by atoms with van der Waals surface area (Å²) in [7, 11) is 0. The Labute approximate surface area is 204 Å². The van der Waals surface area contributed by atoms with Gasteiger partial charge in [-0.15, -0.1) is 0 Å². The molecule has 0 unspecified atom stereocenters. The van der Waals surface area contributed by atoms with Crippen LogP contribution in [-0.2, 0) is 0 Å². The van der Waals surface area contributed by atoms with Crippen molar-refractivity contribution in [1.82, 2.24) is 15.2 Å². The minimum atomic E-state index is -0.508. The van der Waals surface area contributed by atoms with Crippen LogP contribution in [0.4, 0.5) is 0 Å². The summed E-state index contributed by atoms with van der Waals surface area (Å²) < 4.78 is 2.56. The van der Waals surface area contributed by atoms with Crippen LogP contribution >= 0.6 is 27.7 Å². The number of hydrogen-bond donors (Lipinski definition) is 2. The molecule has 0 spiro atoms. The van der Waals surface area contributed by atoms with E-state index >= 15 is 0 Å². The first-order chi connectivity index (χ1) is 15.9. The van der Waals surface area contributed by atoms with Gasteiger partial charge in [0.1, 0.15) is 10.8 Å². The third-order valence-corrected chi connectivity index (χ3v) is 6.45. The number of aromatic nitrogens is 2. The van der Waals surface area contributed by atoms with Crippen LogP contribution in [0, 0.1) is 13.8 Å². The third-order valence-electron chi connectivity index (χ3n) is 4.86. The first-order valence-electron chi connectivity index (χ1n) is 10.1. The second-order valence-electron chi connectivity index (χ2n) is 7.33. The van der Waals surface area contributed by atoms with Gasteiger partial charge >= 0.3 is 0 Å². The van der Waals surface area contributed by atoms with E-state index in [1.54, 1.807) is 24.0 Å². The lowest BCUT2D eigenvalue weighted by atomic mass is 10.2. The number of aromatic hydroxyl groups is 1. The molecule has 0 aliphatic rings. The molecule has 2 N–H and O–H groups in total. The molecule has 0 aliphatic carbocycles. The number of phenols is 1. The second-order valence-corrected chi connectivity index (χ2v) is 9.31. The van der Waals surface area contributed by atoms with Gasteiger partial charge < -0.3 is 5.11 Å².